The van der Waals surface area contributed by atoms with E-state index in [4.69, 9.17) is 10.5 Å². The van der Waals surface area contributed by atoms with Gasteiger partial charge < -0.3 is 15.8 Å². The van der Waals surface area contributed by atoms with E-state index < -0.39 is 0 Å². The van der Waals surface area contributed by atoms with Crippen molar-refractivity contribution in [2.75, 3.05) is 27.7 Å². The lowest BCUT2D eigenvalue weighted by Crippen LogP contribution is -2.43. The monoisotopic (exact) mass is 279 g/mol. The molecule has 3 N–H and O–H groups in total. The van der Waals surface area contributed by atoms with Crippen LogP contribution in [0.25, 0.3) is 0 Å². The fraction of sp³-hybridized carbons (Fsp3) is 0.533. The molecule has 0 bridgehead atoms. The molecular weight excluding hydrogens is 254 g/mol. The number of benzene rings is 1. The average molecular weight is 279 g/mol. The van der Waals surface area contributed by atoms with Crippen molar-refractivity contribution in [3.05, 3.63) is 29.8 Å². The van der Waals surface area contributed by atoms with Crippen LogP contribution in [-0.4, -0.2) is 44.6 Å². The fourth-order valence-corrected chi connectivity index (χ4v) is 2.28. The number of nitrogens with one attached hydrogen (secondary N) is 1. The second-order valence-electron chi connectivity index (χ2n) is 4.88. The van der Waals surface area contributed by atoms with Gasteiger partial charge in [0.15, 0.2) is 0 Å². The zero-order chi connectivity index (χ0) is 15.1. The molecule has 1 aromatic rings. The third kappa shape index (κ3) is 4.21. The minimum atomic E-state index is -0.0447. The van der Waals surface area contributed by atoms with Crippen LogP contribution >= 0.6 is 0 Å². The molecule has 1 amide bonds. The second-order valence-corrected chi connectivity index (χ2v) is 4.88. The first-order valence-corrected chi connectivity index (χ1v) is 6.83. The van der Waals surface area contributed by atoms with Crippen molar-refractivity contribution < 1.29 is 9.53 Å². The Hall–Kier alpha value is -1.59. The molecule has 0 aliphatic carbocycles. The molecule has 0 aliphatic rings. The number of amides is 1. The summed E-state index contributed by atoms with van der Waals surface area (Å²) in [6, 6.07) is 7.77. The molecule has 0 fully saturated rings. The van der Waals surface area contributed by atoms with E-state index >= 15 is 0 Å². The van der Waals surface area contributed by atoms with Crippen LogP contribution in [0.3, 0.4) is 0 Å². The van der Waals surface area contributed by atoms with Gasteiger partial charge in [0, 0.05) is 13.1 Å². The van der Waals surface area contributed by atoms with E-state index in [-0.39, 0.29) is 18.0 Å². The van der Waals surface area contributed by atoms with Crippen molar-refractivity contribution in [1.82, 2.24) is 10.2 Å². The summed E-state index contributed by atoms with van der Waals surface area (Å²) in [7, 11) is 5.19. The predicted octanol–water partition coefficient (Wildman–Crippen LogP) is 1.15. The Bertz CT molecular complexity index is 437. The van der Waals surface area contributed by atoms with Gasteiger partial charge in [0.25, 0.3) is 0 Å². The van der Waals surface area contributed by atoms with Gasteiger partial charge in [-0.15, -0.1) is 0 Å². The Morgan fingerprint density at radius 3 is 2.75 bits per heavy atom. The van der Waals surface area contributed by atoms with Crippen molar-refractivity contribution >= 4 is 5.91 Å². The smallest absolute Gasteiger partial charge is 0.233 e. The summed E-state index contributed by atoms with van der Waals surface area (Å²) >= 11 is 0. The number of likely N-dealkylation sites (N-methyl/N-ethyl adjacent to an activating group) is 2. The molecule has 0 saturated carbocycles. The van der Waals surface area contributed by atoms with Crippen LogP contribution in [0.4, 0.5) is 0 Å². The minimum absolute atomic E-state index is 0.0209. The van der Waals surface area contributed by atoms with Gasteiger partial charge in [0.1, 0.15) is 5.75 Å². The van der Waals surface area contributed by atoms with E-state index in [0.29, 0.717) is 6.54 Å². The lowest BCUT2D eigenvalue weighted by Gasteiger charge is -2.32. The van der Waals surface area contributed by atoms with E-state index in [2.05, 4.69) is 5.32 Å². The zero-order valence-corrected chi connectivity index (χ0v) is 12.7. The summed E-state index contributed by atoms with van der Waals surface area (Å²) < 4.78 is 5.26. The Labute approximate surface area is 121 Å². The lowest BCUT2D eigenvalue weighted by atomic mass is 9.96. The maximum absolute atomic E-state index is 11.6. The highest BCUT2D eigenvalue weighted by Crippen LogP contribution is 2.26. The number of methoxy groups -OCH3 is 1. The molecule has 1 aromatic carbocycles. The van der Waals surface area contributed by atoms with E-state index in [9.17, 15) is 4.79 Å². The first kappa shape index (κ1) is 16.5. The normalized spacial score (nSPS) is 13.9. The summed E-state index contributed by atoms with van der Waals surface area (Å²) in [6.07, 6.45) is 0.833. The molecule has 0 aromatic heterocycles. The molecule has 1 rings (SSSR count). The molecule has 0 saturated heterocycles. The van der Waals surface area contributed by atoms with Crippen LogP contribution < -0.4 is 15.8 Å². The van der Waals surface area contributed by atoms with Crippen molar-refractivity contribution in [3.63, 3.8) is 0 Å². The predicted molar refractivity (Wildman–Crippen MR) is 80.7 cm³/mol. The van der Waals surface area contributed by atoms with Gasteiger partial charge in [-0.1, -0.05) is 19.1 Å². The molecule has 5 heteroatoms. The molecule has 112 valence electrons. The van der Waals surface area contributed by atoms with Crippen LogP contribution in [0.2, 0.25) is 0 Å². The molecule has 20 heavy (non-hydrogen) atoms. The molecule has 5 nitrogen and oxygen atoms in total. The van der Waals surface area contributed by atoms with Crippen LogP contribution in [0.1, 0.15) is 24.9 Å². The standard InChI is InChI=1S/C15H25N3O2/c1-5-13(16)15(18(3)10-14(19)17-2)11-7-6-8-12(9-11)20-4/h6-9,13,15H,5,10,16H2,1-4H3,(H,17,19). The molecule has 0 heterocycles. The highest BCUT2D eigenvalue weighted by atomic mass is 16.5. The van der Waals surface area contributed by atoms with Gasteiger partial charge in [-0.25, -0.2) is 0 Å². The third-order valence-corrected chi connectivity index (χ3v) is 3.46. The number of nitrogens with two attached hydrogens (primary N) is 1. The highest BCUT2D eigenvalue weighted by Gasteiger charge is 2.24. The highest BCUT2D eigenvalue weighted by molar-refractivity contribution is 5.77. The number of hydrogen-bond donors (Lipinski definition) is 2. The topological polar surface area (TPSA) is 67.6 Å². The second kappa shape index (κ2) is 7.87. The third-order valence-electron chi connectivity index (χ3n) is 3.46. The fourth-order valence-electron chi connectivity index (χ4n) is 2.28. The first-order chi connectivity index (χ1) is 9.53. The summed E-state index contributed by atoms with van der Waals surface area (Å²) in [5, 5.41) is 2.64. The Morgan fingerprint density at radius 1 is 1.50 bits per heavy atom. The molecule has 2 unspecified atom stereocenters. The zero-order valence-electron chi connectivity index (χ0n) is 12.7. The first-order valence-electron chi connectivity index (χ1n) is 6.83. The molecular formula is C15H25N3O2. The van der Waals surface area contributed by atoms with Gasteiger partial charge in [-0.2, -0.15) is 0 Å². The van der Waals surface area contributed by atoms with Crippen LogP contribution in [0, 0.1) is 0 Å². The number of carbonyl (C=O) groups excluding carboxylic acids is 1. The van der Waals surface area contributed by atoms with Crippen LogP contribution in [-0.2, 0) is 4.79 Å². The minimum Gasteiger partial charge on any atom is -0.497 e. The summed E-state index contributed by atoms with van der Waals surface area (Å²) in [5.41, 5.74) is 7.30. The maximum atomic E-state index is 11.6. The summed E-state index contributed by atoms with van der Waals surface area (Å²) in [6.45, 7) is 2.36. The quantitative estimate of drug-likeness (QED) is 0.786. The summed E-state index contributed by atoms with van der Waals surface area (Å²) in [4.78, 5) is 13.5. The largest absolute Gasteiger partial charge is 0.497 e. The van der Waals surface area contributed by atoms with Crippen LogP contribution in [0.5, 0.6) is 5.75 Å². The maximum Gasteiger partial charge on any atom is 0.233 e. The molecule has 0 spiro atoms. The Morgan fingerprint density at radius 2 is 2.20 bits per heavy atom. The number of rotatable bonds is 7. The number of ether oxygens (including phenoxy) is 1. The number of nitrogens with zero attached hydrogens (tertiary/aromatic N) is 1. The molecule has 0 radical (unpaired) electrons. The molecule has 0 aliphatic heterocycles. The Balaban J connectivity index is 3.01. The SMILES string of the molecule is CCC(N)C(c1cccc(OC)c1)N(C)CC(=O)NC. The van der Waals surface area contributed by atoms with Crippen molar-refractivity contribution in [2.24, 2.45) is 5.73 Å². The summed E-state index contributed by atoms with van der Waals surface area (Å²) in [5.74, 6) is 0.771. The average Bonchev–Trinajstić information content (AvgIpc) is 2.47. The van der Waals surface area contributed by atoms with Gasteiger partial charge in [0.2, 0.25) is 5.91 Å². The van der Waals surface area contributed by atoms with Crippen molar-refractivity contribution in [3.8, 4) is 5.75 Å². The van der Waals surface area contributed by atoms with Crippen molar-refractivity contribution in [1.29, 1.82) is 0 Å². The van der Waals surface area contributed by atoms with E-state index in [0.717, 1.165) is 17.7 Å². The van der Waals surface area contributed by atoms with Crippen LogP contribution in [0.15, 0.2) is 24.3 Å². The number of carbonyl (C=O) groups is 1. The Kier molecular flexibility index (Phi) is 6.48. The van der Waals surface area contributed by atoms with Gasteiger partial charge in [-0.05, 0) is 31.2 Å². The number of hydrogen-bond acceptors (Lipinski definition) is 4. The van der Waals surface area contributed by atoms with Gasteiger partial charge >= 0.3 is 0 Å². The van der Waals surface area contributed by atoms with E-state index in [1.54, 1.807) is 14.2 Å². The van der Waals surface area contributed by atoms with Gasteiger partial charge in [-0.3, -0.25) is 9.69 Å². The van der Waals surface area contributed by atoms with E-state index in [1.807, 2.05) is 43.1 Å². The molecule has 2 atom stereocenters. The van der Waals surface area contributed by atoms with Gasteiger partial charge in [0.05, 0.1) is 19.7 Å². The lowest BCUT2D eigenvalue weighted by molar-refractivity contribution is -0.122. The van der Waals surface area contributed by atoms with E-state index in [1.165, 1.54) is 0 Å². The van der Waals surface area contributed by atoms with Crippen molar-refractivity contribution in [2.45, 2.75) is 25.4 Å².